The summed E-state index contributed by atoms with van der Waals surface area (Å²) < 4.78 is 5.04. The van der Waals surface area contributed by atoms with Crippen LogP contribution in [0.25, 0.3) is 0 Å². The second kappa shape index (κ2) is 11.9. The summed E-state index contributed by atoms with van der Waals surface area (Å²) in [5.41, 5.74) is 0. The summed E-state index contributed by atoms with van der Waals surface area (Å²) in [6, 6.07) is 0. The van der Waals surface area contributed by atoms with Gasteiger partial charge < -0.3 is 4.74 Å². The Morgan fingerprint density at radius 1 is 0.941 bits per heavy atom. The fourth-order valence-electron chi connectivity index (χ4n) is 2.15. The highest BCUT2D eigenvalue weighted by molar-refractivity contribution is 5.65. The highest BCUT2D eigenvalue weighted by Gasteiger charge is 2.08. The molecule has 0 bridgehead atoms. The zero-order valence-corrected chi connectivity index (χ0v) is 12.0. The van der Waals surface area contributed by atoms with Crippen LogP contribution in [-0.4, -0.2) is 12.6 Å². The molecular weight excluding hydrogens is 212 g/mol. The van der Waals surface area contributed by atoms with Gasteiger partial charge in [-0.3, -0.25) is 4.79 Å². The van der Waals surface area contributed by atoms with Crippen LogP contribution in [0.3, 0.4) is 0 Å². The Balaban J connectivity index is 3.67. The Morgan fingerprint density at radius 2 is 1.59 bits per heavy atom. The van der Waals surface area contributed by atoms with Crippen LogP contribution < -0.4 is 0 Å². The molecule has 1 atom stereocenters. The molecule has 0 saturated carbocycles. The predicted molar refractivity (Wildman–Crippen MR) is 73.0 cm³/mol. The van der Waals surface area contributed by atoms with Gasteiger partial charge in [-0.15, -0.1) is 0 Å². The number of hydrogen-bond donors (Lipinski definition) is 0. The Bertz CT molecular complexity index is 178. The number of carbonyl (C=O) groups excluding carboxylic acids is 1. The van der Waals surface area contributed by atoms with Crippen LogP contribution in [0.15, 0.2) is 0 Å². The average molecular weight is 242 g/mol. The molecule has 0 aliphatic rings. The molecule has 0 rings (SSSR count). The van der Waals surface area contributed by atoms with Crippen molar-refractivity contribution in [3.63, 3.8) is 0 Å². The first kappa shape index (κ1) is 16.5. The van der Waals surface area contributed by atoms with E-state index < -0.39 is 0 Å². The first-order valence-electron chi connectivity index (χ1n) is 7.34. The van der Waals surface area contributed by atoms with Crippen molar-refractivity contribution in [3.8, 4) is 0 Å². The fraction of sp³-hybridized carbons (Fsp3) is 0.933. The number of hydrogen-bond acceptors (Lipinski definition) is 2. The quantitative estimate of drug-likeness (QED) is 0.387. The smallest absolute Gasteiger partial charge is 0.302 e. The zero-order valence-electron chi connectivity index (χ0n) is 12.0. The van der Waals surface area contributed by atoms with Gasteiger partial charge >= 0.3 is 5.97 Å². The van der Waals surface area contributed by atoms with E-state index >= 15 is 0 Å². The molecule has 0 aliphatic heterocycles. The lowest BCUT2D eigenvalue weighted by molar-refractivity contribution is -0.141. The third-order valence-electron chi connectivity index (χ3n) is 3.26. The minimum atomic E-state index is -0.148. The molecule has 0 aromatic rings. The lowest BCUT2D eigenvalue weighted by atomic mass is 9.92. The number of rotatable bonds is 11. The number of esters is 1. The standard InChI is InChI=1S/C15H30O2/c1-4-6-8-9-11-15(10-7-5-2)12-13-17-14(3)16/h15H,4-13H2,1-3H3. The van der Waals surface area contributed by atoms with E-state index in [0.717, 1.165) is 12.3 Å². The molecule has 102 valence electrons. The van der Waals surface area contributed by atoms with Crippen LogP contribution in [0.5, 0.6) is 0 Å². The molecule has 0 aromatic heterocycles. The molecule has 0 spiro atoms. The molecule has 0 saturated heterocycles. The first-order chi connectivity index (χ1) is 8.20. The Morgan fingerprint density at radius 3 is 2.18 bits per heavy atom. The minimum Gasteiger partial charge on any atom is -0.466 e. The summed E-state index contributed by atoms with van der Waals surface area (Å²) >= 11 is 0. The number of carbonyl (C=O) groups is 1. The summed E-state index contributed by atoms with van der Waals surface area (Å²) in [4.78, 5) is 10.7. The Kier molecular flexibility index (Phi) is 11.6. The summed E-state index contributed by atoms with van der Waals surface area (Å²) in [5.74, 6) is 0.608. The molecule has 0 aliphatic carbocycles. The van der Waals surface area contributed by atoms with Crippen molar-refractivity contribution in [2.45, 2.75) is 78.6 Å². The van der Waals surface area contributed by atoms with E-state index in [-0.39, 0.29) is 5.97 Å². The van der Waals surface area contributed by atoms with Gasteiger partial charge in [0.1, 0.15) is 0 Å². The lowest BCUT2D eigenvalue weighted by Crippen LogP contribution is -2.08. The van der Waals surface area contributed by atoms with Gasteiger partial charge in [-0.1, -0.05) is 65.2 Å². The van der Waals surface area contributed by atoms with Gasteiger partial charge in [-0.25, -0.2) is 0 Å². The third-order valence-corrected chi connectivity index (χ3v) is 3.26. The number of unbranched alkanes of at least 4 members (excludes halogenated alkanes) is 4. The highest BCUT2D eigenvalue weighted by atomic mass is 16.5. The van der Waals surface area contributed by atoms with Crippen molar-refractivity contribution < 1.29 is 9.53 Å². The van der Waals surface area contributed by atoms with E-state index in [1.807, 2.05) is 0 Å². The van der Waals surface area contributed by atoms with E-state index in [2.05, 4.69) is 13.8 Å². The van der Waals surface area contributed by atoms with Crippen molar-refractivity contribution in [2.75, 3.05) is 6.61 Å². The predicted octanol–water partition coefficient (Wildman–Crippen LogP) is 4.72. The molecular formula is C15H30O2. The first-order valence-corrected chi connectivity index (χ1v) is 7.34. The second-order valence-electron chi connectivity index (χ2n) is 4.99. The fourth-order valence-corrected chi connectivity index (χ4v) is 2.15. The largest absolute Gasteiger partial charge is 0.466 e. The molecule has 2 nitrogen and oxygen atoms in total. The van der Waals surface area contributed by atoms with Crippen molar-refractivity contribution in [1.82, 2.24) is 0 Å². The van der Waals surface area contributed by atoms with Crippen LogP contribution in [0.4, 0.5) is 0 Å². The molecule has 0 amide bonds. The van der Waals surface area contributed by atoms with Crippen molar-refractivity contribution in [3.05, 3.63) is 0 Å². The van der Waals surface area contributed by atoms with Crippen LogP contribution in [0.2, 0.25) is 0 Å². The van der Waals surface area contributed by atoms with E-state index in [1.54, 1.807) is 0 Å². The van der Waals surface area contributed by atoms with E-state index in [4.69, 9.17) is 4.74 Å². The zero-order chi connectivity index (χ0) is 12.9. The van der Waals surface area contributed by atoms with Crippen LogP contribution in [0, 0.1) is 5.92 Å². The molecule has 0 fully saturated rings. The van der Waals surface area contributed by atoms with E-state index in [1.165, 1.54) is 58.3 Å². The Hall–Kier alpha value is -0.530. The van der Waals surface area contributed by atoms with Gasteiger partial charge in [0.2, 0.25) is 0 Å². The molecule has 0 aromatic carbocycles. The average Bonchev–Trinajstić information content (AvgIpc) is 2.30. The highest BCUT2D eigenvalue weighted by Crippen LogP contribution is 2.20. The van der Waals surface area contributed by atoms with E-state index in [0.29, 0.717) is 6.61 Å². The lowest BCUT2D eigenvalue weighted by Gasteiger charge is -2.16. The van der Waals surface area contributed by atoms with Crippen LogP contribution >= 0.6 is 0 Å². The third kappa shape index (κ3) is 11.7. The monoisotopic (exact) mass is 242 g/mol. The maximum Gasteiger partial charge on any atom is 0.302 e. The normalized spacial score (nSPS) is 12.4. The summed E-state index contributed by atoms with van der Waals surface area (Å²) in [6.07, 6.45) is 11.6. The minimum absolute atomic E-state index is 0.148. The summed E-state index contributed by atoms with van der Waals surface area (Å²) in [5, 5.41) is 0. The van der Waals surface area contributed by atoms with Crippen LogP contribution in [-0.2, 0) is 9.53 Å². The van der Waals surface area contributed by atoms with Gasteiger partial charge in [0, 0.05) is 6.92 Å². The SMILES string of the molecule is CCCCCCC(CCCC)CCOC(C)=O. The van der Waals surface area contributed by atoms with E-state index in [9.17, 15) is 4.79 Å². The topological polar surface area (TPSA) is 26.3 Å². The van der Waals surface area contributed by atoms with Crippen molar-refractivity contribution in [1.29, 1.82) is 0 Å². The van der Waals surface area contributed by atoms with Gasteiger partial charge in [-0.05, 0) is 12.3 Å². The van der Waals surface area contributed by atoms with Crippen molar-refractivity contribution in [2.24, 2.45) is 5.92 Å². The van der Waals surface area contributed by atoms with Crippen molar-refractivity contribution >= 4 is 5.97 Å². The maximum atomic E-state index is 10.7. The molecule has 0 heterocycles. The second-order valence-corrected chi connectivity index (χ2v) is 4.99. The Labute approximate surface area is 107 Å². The molecule has 2 heteroatoms. The summed E-state index contributed by atoms with van der Waals surface area (Å²) in [6.45, 7) is 6.58. The number of ether oxygens (including phenoxy) is 1. The maximum absolute atomic E-state index is 10.7. The molecule has 17 heavy (non-hydrogen) atoms. The molecule has 0 radical (unpaired) electrons. The van der Waals surface area contributed by atoms with Gasteiger partial charge in [0.15, 0.2) is 0 Å². The van der Waals surface area contributed by atoms with Gasteiger partial charge in [0.05, 0.1) is 6.61 Å². The molecule has 1 unspecified atom stereocenters. The van der Waals surface area contributed by atoms with Gasteiger partial charge in [0.25, 0.3) is 0 Å². The molecule has 0 N–H and O–H groups in total. The van der Waals surface area contributed by atoms with Gasteiger partial charge in [-0.2, -0.15) is 0 Å². The van der Waals surface area contributed by atoms with Crippen LogP contribution in [0.1, 0.15) is 78.6 Å². The summed E-state index contributed by atoms with van der Waals surface area (Å²) in [7, 11) is 0.